The van der Waals surface area contributed by atoms with Crippen LogP contribution in [-0.4, -0.2) is 54.2 Å². The highest BCUT2D eigenvalue weighted by Gasteiger charge is 2.37. The van der Waals surface area contributed by atoms with Gasteiger partial charge in [0, 0.05) is 12.8 Å². The number of methoxy groups -OCH3 is 1. The van der Waals surface area contributed by atoms with Gasteiger partial charge in [0.05, 0.1) is 13.2 Å². The predicted molar refractivity (Wildman–Crippen MR) is 106 cm³/mol. The van der Waals surface area contributed by atoms with E-state index in [1.807, 2.05) is 6.07 Å². The van der Waals surface area contributed by atoms with Gasteiger partial charge in [-0.2, -0.15) is 0 Å². The average Bonchev–Trinajstić information content (AvgIpc) is 2.74. The summed E-state index contributed by atoms with van der Waals surface area (Å²) in [4.78, 5) is 48.8. The van der Waals surface area contributed by atoms with Crippen molar-refractivity contribution in [2.45, 2.75) is 57.4 Å². The number of aliphatic hydroxyl groups excluding tert-OH is 1. The molecular weight excluding hydrogens is 392 g/mol. The summed E-state index contributed by atoms with van der Waals surface area (Å²) in [5.74, 6) is -1.83. The predicted octanol–water partition coefficient (Wildman–Crippen LogP) is 1.08. The van der Waals surface area contributed by atoms with Crippen LogP contribution in [0.2, 0.25) is 0 Å². The number of amides is 2. The molecule has 0 radical (unpaired) electrons. The molecule has 1 fully saturated rings. The molecule has 1 saturated carbocycles. The normalized spacial score (nSPS) is 19.2. The van der Waals surface area contributed by atoms with Crippen LogP contribution in [0.5, 0.6) is 0 Å². The molecule has 9 heteroatoms. The van der Waals surface area contributed by atoms with E-state index in [2.05, 4.69) is 10.6 Å². The molecule has 2 rings (SSSR count). The first-order valence-electron chi connectivity index (χ1n) is 9.87. The van der Waals surface area contributed by atoms with Gasteiger partial charge in [-0.25, -0.2) is 9.59 Å². The maximum atomic E-state index is 12.7. The highest BCUT2D eigenvalue weighted by atomic mass is 16.5. The molecule has 164 valence electrons. The molecule has 1 aromatic rings. The Bertz CT molecular complexity index is 751. The van der Waals surface area contributed by atoms with Crippen LogP contribution in [-0.2, 0) is 30.5 Å². The number of Topliss-reactive ketones (excluding diaryl/α,β-unsaturated/α-hetero) is 1. The largest absolute Gasteiger partial charge is 0.467 e. The topological polar surface area (TPSA) is 131 Å². The number of aliphatic hydroxyl groups is 1. The first-order valence-corrected chi connectivity index (χ1v) is 9.87. The molecule has 1 aromatic carbocycles. The molecule has 0 spiro atoms. The summed E-state index contributed by atoms with van der Waals surface area (Å²) in [7, 11) is 1.19. The molecule has 4 atom stereocenters. The van der Waals surface area contributed by atoms with Gasteiger partial charge in [0.25, 0.3) is 0 Å². The van der Waals surface area contributed by atoms with E-state index in [-0.39, 0.29) is 18.8 Å². The molecule has 3 N–H and O–H groups in total. The number of carbonyl (C=O) groups excluding carboxylic acids is 4. The Morgan fingerprint density at radius 3 is 2.50 bits per heavy atom. The van der Waals surface area contributed by atoms with E-state index in [0.717, 1.165) is 5.56 Å². The quantitative estimate of drug-likeness (QED) is 0.536. The van der Waals surface area contributed by atoms with Crippen molar-refractivity contribution in [2.24, 2.45) is 5.92 Å². The van der Waals surface area contributed by atoms with Crippen LogP contribution < -0.4 is 10.6 Å². The fraction of sp³-hybridized carbons (Fsp3) is 0.524. The van der Waals surface area contributed by atoms with Crippen LogP contribution >= 0.6 is 0 Å². The van der Waals surface area contributed by atoms with E-state index < -0.39 is 42.1 Å². The Hall–Kier alpha value is -2.94. The summed E-state index contributed by atoms with van der Waals surface area (Å²) in [6.45, 7) is 1.33. The van der Waals surface area contributed by atoms with Crippen molar-refractivity contribution >= 4 is 23.8 Å². The minimum atomic E-state index is -1.35. The second-order valence-electron chi connectivity index (χ2n) is 7.33. The van der Waals surface area contributed by atoms with Crippen LogP contribution in [0.4, 0.5) is 4.79 Å². The van der Waals surface area contributed by atoms with Gasteiger partial charge in [0.15, 0.2) is 0 Å². The second-order valence-corrected chi connectivity index (χ2v) is 7.33. The lowest BCUT2D eigenvalue weighted by atomic mass is 9.83. The fourth-order valence-electron chi connectivity index (χ4n) is 3.38. The lowest BCUT2D eigenvalue weighted by Gasteiger charge is -2.30. The van der Waals surface area contributed by atoms with Crippen molar-refractivity contribution in [1.29, 1.82) is 0 Å². The van der Waals surface area contributed by atoms with Crippen molar-refractivity contribution in [3.8, 4) is 0 Å². The van der Waals surface area contributed by atoms with E-state index in [1.54, 1.807) is 24.3 Å². The molecule has 1 aliphatic rings. The Morgan fingerprint density at radius 2 is 1.90 bits per heavy atom. The van der Waals surface area contributed by atoms with Crippen molar-refractivity contribution < 1.29 is 33.8 Å². The number of rotatable bonds is 8. The number of carbonyl (C=O) groups is 4. The molecule has 0 unspecified atom stereocenters. The van der Waals surface area contributed by atoms with E-state index in [1.165, 1.54) is 14.0 Å². The first-order chi connectivity index (χ1) is 14.3. The summed E-state index contributed by atoms with van der Waals surface area (Å²) < 4.78 is 9.86. The summed E-state index contributed by atoms with van der Waals surface area (Å²) in [5.41, 5.74) is 0.762. The minimum Gasteiger partial charge on any atom is -0.467 e. The summed E-state index contributed by atoms with van der Waals surface area (Å²) >= 11 is 0. The van der Waals surface area contributed by atoms with Crippen LogP contribution in [0.3, 0.4) is 0 Å². The monoisotopic (exact) mass is 420 g/mol. The van der Waals surface area contributed by atoms with Crippen LogP contribution in [0, 0.1) is 5.92 Å². The number of ether oxygens (including phenoxy) is 2. The zero-order valence-electron chi connectivity index (χ0n) is 17.1. The number of nitrogens with one attached hydrogen (secondary N) is 2. The van der Waals surface area contributed by atoms with Gasteiger partial charge in [0.2, 0.25) is 5.91 Å². The maximum Gasteiger partial charge on any atom is 0.408 e. The Labute approximate surface area is 175 Å². The molecule has 1 aliphatic carbocycles. The number of alkyl carbamates (subject to hydrolysis) is 1. The second kappa shape index (κ2) is 11.3. The van der Waals surface area contributed by atoms with Crippen molar-refractivity contribution in [3.05, 3.63) is 35.9 Å². The SMILES string of the molecule is COC(=O)[C@H](NC(=O)[C@@H](NC(=O)OCc1ccccc1)[C@@H](C)O)[C@@H]1CCCC(=O)C1. The average molecular weight is 420 g/mol. The Kier molecular flexibility index (Phi) is 8.79. The van der Waals surface area contributed by atoms with Crippen LogP contribution in [0.15, 0.2) is 30.3 Å². The van der Waals surface area contributed by atoms with Gasteiger partial charge >= 0.3 is 12.1 Å². The molecule has 9 nitrogen and oxygen atoms in total. The molecule has 2 amide bonds. The highest BCUT2D eigenvalue weighted by molar-refractivity contribution is 5.90. The van der Waals surface area contributed by atoms with E-state index in [0.29, 0.717) is 19.3 Å². The smallest absolute Gasteiger partial charge is 0.408 e. The molecule has 0 saturated heterocycles. The number of esters is 1. The molecule has 0 bridgehead atoms. The van der Waals surface area contributed by atoms with Gasteiger partial charge in [0.1, 0.15) is 24.5 Å². The third-order valence-electron chi connectivity index (χ3n) is 5.00. The zero-order valence-corrected chi connectivity index (χ0v) is 17.1. The Balaban J connectivity index is 2.00. The molecular formula is C21H28N2O7. The van der Waals surface area contributed by atoms with Gasteiger partial charge in [-0.15, -0.1) is 0 Å². The number of benzene rings is 1. The molecule has 0 aliphatic heterocycles. The maximum absolute atomic E-state index is 12.7. The van der Waals surface area contributed by atoms with Gasteiger partial charge in [-0.1, -0.05) is 30.3 Å². The lowest BCUT2D eigenvalue weighted by molar-refractivity contribution is -0.148. The molecule has 30 heavy (non-hydrogen) atoms. The van der Waals surface area contributed by atoms with Crippen LogP contribution in [0.1, 0.15) is 38.2 Å². The lowest BCUT2D eigenvalue weighted by Crippen LogP contribution is -2.57. The number of ketones is 1. The van der Waals surface area contributed by atoms with Gasteiger partial charge in [-0.3, -0.25) is 9.59 Å². The Morgan fingerprint density at radius 1 is 1.20 bits per heavy atom. The standard InChI is InChI=1S/C21H28N2O7/c1-13(24)17(23-21(28)30-12-14-7-4-3-5-8-14)19(26)22-18(20(27)29-2)15-9-6-10-16(25)11-15/h3-5,7-8,13,15,17-18,24H,6,9-12H2,1-2H3,(H,22,26)(H,23,28)/t13-,15-,17+,18-/m1/s1. The zero-order chi connectivity index (χ0) is 22.1. The molecule has 0 aromatic heterocycles. The summed E-state index contributed by atoms with van der Waals surface area (Å²) in [6.07, 6.45) is -0.327. The first kappa shape index (κ1) is 23.3. The van der Waals surface area contributed by atoms with Gasteiger partial charge < -0.3 is 25.2 Å². The number of hydrogen-bond donors (Lipinski definition) is 3. The van der Waals surface area contributed by atoms with Crippen molar-refractivity contribution in [3.63, 3.8) is 0 Å². The van der Waals surface area contributed by atoms with Crippen molar-refractivity contribution in [1.82, 2.24) is 10.6 Å². The van der Waals surface area contributed by atoms with E-state index in [9.17, 15) is 24.3 Å². The number of hydrogen-bond acceptors (Lipinski definition) is 7. The summed E-state index contributed by atoms with van der Waals surface area (Å²) in [5, 5.41) is 14.8. The van der Waals surface area contributed by atoms with Gasteiger partial charge in [-0.05, 0) is 31.2 Å². The van der Waals surface area contributed by atoms with Crippen molar-refractivity contribution in [2.75, 3.05) is 7.11 Å². The minimum absolute atomic E-state index is 0.00417. The summed E-state index contributed by atoms with van der Waals surface area (Å²) in [6, 6.07) is 6.58. The third-order valence-corrected chi connectivity index (χ3v) is 5.00. The third kappa shape index (κ3) is 6.84. The van der Waals surface area contributed by atoms with E-state index >= 15 is 0 Å². The molecule has 0 heterocycles. The fourth-order valence-corrected chi connectivity index (χ4v) is 3.38. The van der Waals surface area contributed by atoms with Crippen LogP contribution in [0.25, 0.3) is 0 Å². The van der Waals surface area contributed by atoms with E-state index in [4.69, 9.17) is 9.47 Å². The highest BCUT2D eigenvalue weighted by Crippen LogP contribution is 2.25.